The van der Waals surface area contributed by atoms with E-state index in [1.807, 2.05) is 49.4 Å². The summed E-state index contributed by atoms with van der Waals surface area (Å²) in [6.45, 7) is 3.56. The van der Waals surface area contributed by atoms with E-state index in [0.717, 1.165) is 16.3 Å². The number of hydrogen-bond donors (Lipinski definition) is 1. The molecule has 176 valence electrons. The first-order valence-corrected chi connectivity index (χ1v) is 11.3. The molecular weight excluding hydrogens is 464 g/mol. The van der Waals surface area contributed by atoms with Gasteiger partial charge in [-0.3, -0.25) is 4.79 Å². The molecule has 1 amide bonds. The molecule has 0 radical (unpaired) electrons. The van der Waals surface area contributed by atoms with Gasteiger partial charge in [-0.15, -0.1) is 0 Å². The van der Waals surface area contributed by atoms with Crippen molar-refractivity contribution in [1.82, 2.24) is 5.43 Å². The summed E-state index contributed by atoms with van der Waals surface area (Å²) in [6.07, 6.45) is 0.673. The van der Waals surface area contributed by atoms with Gasteiger partial charge in [-0.25, -0.2) is 10.2 Å². The van der Waals surface area contributed by atoms with Crippen LogP contribution in [0.4, 0.5) is 0 Å². The van der Waals surface area contributed by atoms with Gasteiger partial charge in [0, 0.05) is 10.6 Å². The standard InChI is InChI=1S/C28H23ClN2O4/c1-18-7-9-21(10-8-18)28(33)35-26-16-11-20-5-3-4-6-24(20)25(26)17-30-31-27(32)19(2)34-23-14-12-22(29)13-15-23/h3-17,19H,1-2H3,(H,31,32)/b30-17-/t19-/m1/s1. The predicted molar refractivity (Wildman–Crippen MR) is 137 cm³/mol. The molecular formula is C28H23ClN2O4. The van der Waals surface area contributed by atoms with Crippen molar-refractivity contribution >= 4 is 40.5 Å². The van der Waals surface area contributed by atoms with Gasteiger partial charge in [-0.2, -0.15) is 5.10 Å². The van der Waals surface area contributed by atoms with Gasteiger partial charge in [0.25, 0.3) is 5.91 Å². The maximum absolute atomic E-state index is 12.7. The largest absolute Gasteiger partial charge is 0.481 e. The SMILES string of the molecule is Cc1ccc(C(=O)Oc2ccc3ccccc3c2/C=N\NC(=O)[C@@H](C)Oc2ccc(Cl)cc2)cc1. The molecule has 0 aliphatic carbocycles. The van der Waals surface area contributed by atoms with Gasteiger partial charge in [-0.05, 0) is 67.1 Å². The zero-order chi connectivity index (χ0) is 24.8. The second-order valence-corrected chi connectivity index (χ2v) is 8.34. The van der Waals surface area contributed by atoms with Crippen LogP contribution in [-0.2, 0) is 4.79 Å². The summed E-state index contributed by atoms with van der Waals surface area (Å²) in [7, 11) is 0. The lowest BCUT2D eigenvalue weighted by Crippen LogP contribution is -2.33. The Balaban J connectivity index is 1.52. The van der Waals surface area contributed by atoms with Crippen molar-refractivity contribution in [2.24, 2.45) is 5.10 Å². The van der Waals surface area contributed by atoms with Crippen LogP contribution in [0.15, 0.2) is 90.0 Å². The van der Waals surface area contributed by atoms with E-state index in [9.17, 15) is 9.59 Å². The van der Waals surface area contributed by atoms with Crippen molar-refractivity contribution in [3.8, 4) is 11.5 Å². The summed E-state index contributed by atoms with van der Waals surface area (Å²) in [5, 5.41) is 6.44. The van der Waals surface area contributed by atoms with Crippen LogP contribution < -0.4 is 14.9 Å². The summed E-state index contributed by atoms with van der Waals surface area (Å²) in [4.78, 5) is 25.2. The number of fused-ring (bicyclic) bond motifs is 1. The first kappa shape index (κ1) is 24.0. The number of ether oxygens (including phenoxy) is 2. The Hall–Kier alpha value is -4.16. The number of carbonyl (C=O) groups excluding carboxylic acids is 2. The van der Waals surface area contributed by atoms with Crippen molar-refractivity contribution in [1.29, 1.82) is 0 Å². The number of aryl methyl sites for hydroxylation is 1. The molecule has 6 nitrogen and oxygen atoms in total. The van der Waals surface area contributed by atoms with Crippen molar-refractivity contribution in [3.63, 3.8) is 0 Å². The summed E-state index contributed by atoms with van der Waals surface area (Å²) in [6, 6.07) is 25.1. The van der Waals surface area contributed by atoms with Crippen molar-refractivity contribution in [2.75, 3.05) is 0 Å². The molecule has 0 aromatic heterocycles. The fraction of sp³-hybridized carbons (Fsp3) is 0.107. The minimum Gasteiger partial charge on any atom is -0.481 e. The molecule has 0 fully saturated rings. The first-order chi connectivity index (χ1) is 16.9. The van der Waals surface area contributed by atoms with E-state index < -0.39 is 18.0 Å². The fourth-order valence-corrected chi connectivity index (χ4v) is 3.49. The van der Waals surface area contributed by atoms with E-state index in [4.69, 9.17) is 21.1 Å². The monoisotopic (exact) mass is 486 g/mol. The highest BCUT2D eigenvalue weighted by atomic mass is 35.5. The predicted octanol–water partition coefficient (Wildman–Crippen LogP) is 5.94. The summed E-state index contributed by atoms with van der Waals surface area (Å²) >= 11 is 5.88. The first-order valence-electron chi connectivity index (χ1n) is 11.0. The molecule has 0 aliphatic rings. The second-order valence-electron chi connectivity index (χ2n) is 7.90. The van der Waals surface area contributed by atoms with Gasteiger partial charge in [0.15, 0.2) is 6.10 Å². The molecule has 1 N–H and O–H groups in total. The fourth-order valence-electron chi connectivity index (χ4n) is 3.37. The van der Waals surface area contributed by atoms with Gasteiger partial charge in [0.1, 0.15) is 11.5 Å². The molecule has 0 bridgehead atoms. The minimum absolute atomic E-state index is 0.331. The topological polar surface area (TPSA) is 77.0 Å². The highest BCUT2D eigenvalue weighted by molar-refractivity contribution is 6.30. The van der Waals surface area contributed by atoms with Crippen LogP contribution in [0.5, 0.6) is 11.5 Å². The van der Waals surface area contributed by atoms with E-state index in [1.54, 1.807) is 49.4 Å². The maximum atomic E-state index is 12.7. The zero-order valence-electron chi connectivity index (χ0n) is 19.2. The Morgan fingerprint density at radius 2 is 1.66 bits per heavy atom. The molecule has 0 saturated heterocycles. The third-order valence-electron chi connectivity index (χ3n) is 5.28. The molecule has 4 aromatic rings. The Bertz CT molecular complexity index is 1380. The molecule has 1 atom stereocenters. The average Bonchev–Trinajstić information content (AvgIpc) is 2.86. The van der Waals surface area contributed by atoms with Crippen molar-refractivity contribution in [3.05, 3.63) is 107 Å². The van der Waals surface area contributed by atoms with E-state index in [-0.39, 0.29) is 0 Å². The molecule has 4 aromatic carbocycles. The maximum Gasteiger partial charge on any atom is 0.343 e. The summed E-state index contributed by atoms with van der Waals surface area (Å²) in [5.41, 5.74) is 4.53. The lowest BCUT2D eigenvalue weighted by molar-refractivity contribution is -0.127. The number of amides is 1. The van der Waals surface area contributed by atoms with E-state index in [1.165, 1.54) is 6.21 Å². The summed E-state index contributed by atoms with van der Waals surface area (Å²) < 4.78 is 11.3. The molecule has 7 heteroatoms. The number of nitrogens with one attached hydrogen (secondary N) is 1. The van der Waals surface area contributed by atoms with Crippen LogP contribution in [0.3, 0.4) is 0 Å². The van der Waals surface area contributed by atoms with Gasteiger partial charge >= 0.3 is 5.97 Å². The lowest BCUT2D eigenvalue weighted by Gasteiger charge is -2.13. The molecule has 0 spiro atoms. The minimum atomic E-state index is -0.792. The third kappa shape index (κ3) is 6.05. The third-order valence-corrected chi connectivity index (χ3v) is 5.54. The molecule has 35 heavy (non-hydrogen) atoms. The smallest absolute Gasteiger partial charge is 0.343 e. The van der Waals surface area contributed by atoms with Crippen LogP contribution in [0.25, 0.3) is 10.8 Å². The summed E-state index contributed by atoms with van der Waals surface area (Å²) in [5.74, 6) is -0.0725. The second kappa shape index (κ2) is 10.8. The number of hydrogen-bond acceptors (Lipinski definition) is 5. The van der Waals surface area contributed by atoms with Gasteiger partial charge in [0.2, 0.25) is 0 Å². The quantitative estimate of drug-likeness (QED) is 0.152. The van der Waals surface area contributed by atoms with Crippen LogP contribution in [0, 0.1) is 6.92 Å². The number of hydrazone groups is 1. The average molecular weight is 487 g/mol. The van der Waals surface area contributed by atoms with E-state index >= 15 is 0 Å². The Kier molecular flexibility index (Phi) is 7.43. The number of benzene rings is 4. The number of halogens is 1. The number of rotatable bonds is 7. The highest BCUT2D eigenvalue weighted by Gasteiger charge is 2.16. The molecule has 0 heterocycles. The number of carbonyl (C=O) groups is 2. The normalized spacial score (nSPS) is 11.9. The highest BCUT2D eigenvalue weighted by Crippen LogP contribution is 2.27. The van der Waals surface area contributed by atoms with Gasteiger partial charge in [0.05, 0.1) is 11.8 Å². The van der Waals surface area contributed by atoms with Crippen molar-refractivity contribution < 1.29 is 19.1 Å². The van der Waals surface area contributed by atoms with Gasteiger partial charge in [-0.1, -0.05) is 59.6 Å². The lowest BCUT2D eigenvalue weighted by atomic mass is 10.0. The molecule has 0 aliphatic heterocycles. The van der Waals surface area contributed by atoms with Crippen LogP contribution >= 0.6 is 11.6 Å². The van der Waals surface area contributed by atoms with Crippen LogP contribution in [0.2, 0.25) is 5.02 Å². The Morgan fingerprint density at radius 3 is 2.40 bits per heavy atom. The number of nitrogens with zero attached hydrogens (tertiary/aromatic N) is 1. The van der Waals surface area contributed by atoms with E-state index in [2.05, 4.69) is 10.5 Å². The Labute approximate surface area is 208 Å². The molecule has 0 saturated carbocycles. The number of esters is 1. The van der Waals surface area contributed by atoms with Crippen LogP contribution in [-0.4, -0.2) is 24.2 Å². The zero-order valence-corrected chi connectivity index (χ0v) is 20.0. The molecule has 4 rings (SSSR count). The van der Waals surface area contributed by atoms with Crippen LogP contribution in [0.1, 0.15) is 28.4 Å². The van der Waals surface area contributed by atoms with Gasteiger partial charge < -0.3 is 9.47 Å². The molecule has 0 unspecified atom stereocenters. The van der Waals surface area contributed by atoms with Crippen molar-refractivity contribution in [2.45, 2.75) is 20.0 Å². The van der Waals surface area contributed by atoms with E-state index in [0.29, 0.717) is 27.6 Å². The Morgan fingerprint density at radius 1 is 0.943 bits per heavy atom.